The predicted molar refractivity (Wildman–Crippen MR) is 127 cm³/mol. The van der Waals surface area contributed by atoms with Gasteiger partial charge in [-0.1, -0.05) is 26.0 Å². The number of carbonyl (C=O) groups is 1. The summed E-state index contributed by atoms with van der Waals surface area (Å²) in [6.07, 6.45) is 0. The lowest BCUT2D eigenvalue weighted by Gasteiger charge is -2.35. The minimum atomic E-state index is -3.55. The molecule has 2 aromatic carbocycles. The second-order valence-electron chi connectivity index (χ2n) is 7.76. The number of amides is 1. The van der Waals surface area contributed by atoms with Gasteiger partial charge in [-0.15, -0.1) is 0 Å². The maximum atomic E-state index is 12.8. The molecule has 33 heavy (non-hydrogen) atoms. The highest BCUT2D eigenvalue weighted by Gasteiger charge is 2.24. The fraction of sp³-hybridized carbons (Fsp3) is 0.458. The van der Waals surface area contributed by atoms with Crippen molar-refractivity contribution in [2.75, 3.05) is 53.0 Å². The first-order valence-corrected chi connectivity index (χ1v) is 12.7. The van der Waals surface area contributed by atoms with Crippen molar-refractivity contribution in [2.45, 2.75) is 24.8 Å². The van der Waals surface area contributed by atoms with Gasteiger partial charge >= 0.3 is 0 Å². The van der Waals surface area contributed by atoms with E-state index in [0.29, 0.717) is 38.4 Å². The van der Waals surface area contributed by atoms with Gasteiger partial charge in [-0.05, 0) is 42.0 Å². The molecule has 9 heteroatoms. The van der Waals surface area contributed by atoms with Crippen LogP contribution in [0.15, 0.2) is 53.4 Å². The molecule has 8 nitrogen and oxygen atoms in total. The number of morpholine rings is 1. The van der Waals surface area contributed by atoms with Gasteiger partial charge in [0.05, 0.1) is 31.3 Å². The summed E-state index contributed by atoms with van der Waals surface area (Å²) in [5.41, 5.74) is 1.50. The van der Waals surface area contributed by atoms with Gasteiger partial charge in [-0.3, -0.25) is 9.69 Å². The first kappa shape index (κ1) is 25.2. The summed E-state index contributed by atoms with van der Waals surface area (Å²) >= 11 is 0. The summed E-state index contributed by atoms with van der Waals surface area (Å²) in [5, 5.41) is 3.01. The smallest absolute Gasteiger partial charge is 0.251 e. The lowest BCUT2D eigenvalue weighted by molar-refractivity contribution is 0.0162. The predicted octanol–water partition coefficient (Wildman–Crippen LogP) is 2.53. The molecule has 180 valence electrons. The minimum absolute atomic E-state index is 0.00827. The third-order valence-electron chi connectivity index (χ3n) is 5.90. The van der Waals surface area contributed by atoms with Crippen LogP contribution in [-0.4, -0.2) is 76.6 Å². The van der Waals surface area contributed by atoms with E-state index in [-0.39, 0.29) is 16.8 Å². The fourth-order valence-electron chi connectivity index (χ4n) is 3.96. The Bertz CT molecular complexity index is 999. The molecule has 1 atom stereocenters. The maximum absolute atomic E-state index is 12.8. The zero-order chi connectivity index (χ0) is 23.8. The van der Waals surface area contributed by atoms with Crippen LogP contribution in [-0.2, 0) is 14.8 Å². The van der Waals surface area contributed by atoms with Gasteiger partial charge in [0.25, 0.3) is 5.91 Å². The van der Waals surface area contributed by atoms with Crippen LogP contribution in [0.2, 0.25) is 0 Å². The van der Waals surface area contributed by atoms with E-state index in [9.17, 15) is 13.2 Å². The summed E-state index contributed by atoms with van der Waals surface area (Å²) in [7, 11) is -1.92. The molecule has 0 bridgehead atoms. The van der Waals surface area contributed by atoms with E-state index in [1.807, 2.05) is 24.3 Å². The number of ether oxygens (including phenoxy) is 2. The Morgan fingerprint density at radius 3 is 2.21 bits per heavy atom. The number of nitrogens with zero attached hydrogens (tertiary/aromatic N) is 2. The molecule has 1 aliphatic heterocycles. The number of carbonyl (C=O) groups excluding carboxylic acids is 1. The number of hydrogen-bond donors (Lipinski definition) is 1. The SMILES string of the molecule is CCN(CC)S(=O)(=O)c1ccc(C(=O)NC[C@@H](c2ccc(OC)cc2)N2CCOCC2)cc1. The lowest BCUT2D eigenvalue weighted by Crippen LogP contribution is -2.43. The van der Waals surface area contributed by atoms with Gasteiger partial charge < -0.3 is 14.8 Å². The molecular weight excluding hydrogens is 442 g/mol. The Kier molecular flexibility index (Phi) is 8.85. The highest BCUT2D eigenvalue weighted by atomic mass is 32.2. The van der Waals surface area contributed by atoms with Gasteiger partial charge in [-0.25, -0.2) is 8.42 Å². The van der Waals surface area contributed by atoms with Crippen LogP contribution in [0.25, 0.3) is 0 Å². The molecule has 0 spiro atoms. The van der Waals surface area contributed by atoms with Crippen LogP contribution in [0.4, 0.5) is 0 Å². The number of benzene rings is 2. The second-order valence-corrected chi connectivity index (χ2v) is 9.70. The molecule has 1 amide bonds. The molecule has 1 heterocycles. The van der Waals surface area contributed by atoms with Crippen LogP contribution >= 0.6 is 0 Å². The van der Waals surface area contributed by atoms with Crippen molar-refractivity contribution in [3.8, 4) is 5.75 Å². The Balaban J connectivity index is 1.71. The Hall–Kier alpha value is -2.46. The van der Waals surface area contributed by atoms with Crippen LogP contribution in [0.3, 0.4) is 0 Å². The average molecular weight is 476 g/mol. The van der Waals surface area contributed by atoms with E-state index in [1.54, 1.807) is 33.1 Å². The standard InChI is InChI=1S/C24H33N3O5S/c1-4-27(5-2)33(29,30)22-12-8-20(9-13-22)24(28)25-18-23(26-14-16-32-17-15-26)19-6-10-21(31-3)11-7-19/h6-13,23H,4-5,14-18H2,1-3H3,(H,25,28)/t23-/m0/s1. The summed E-state index contributed by atoms with van der Waals surface area (Å²) in [6.45, 7) is 7.70. The van der Waals surface area contributed by atoms with Crippen molar-refractivity contribution in [3.63, 3.8) is 0 Å². The van der Waals surface area contributed by atoms with E-state index >= 15 is 0 Å². The van der Waals surface area contributed by atoms with Gasteiger partial charge in [0.2, 0.25) is 10.0 Å². The molecule has 1 fully saturated rings. The van der Waals surface area contributed by atoms with Crippen molar-refractivity contribution in [2.24, 2.45) is 0 Å². The van der Waals surface area contributed by atoms with E-state index in [1.165, 1.54) is 16.4 Å². The zero-order valence-corrected chi connectivity index (χ0v) is 20.3. The molecule has 0 aromatic heterocycles. The normalized spacial score (nSPS) is 15.9. The Morgan fingerprint density at radius 1 is 1.06 bits per heavy atom. The number of methoxy groups -OCH3 is 1. The molecular formula is C24H33N3O5S. The quantitative estimate of drug-likeness (QED) is 0.568. The summed E-state index contributed by atoms with van der Waals surface area (Å²) in [5.74, 6) is 0.539. The van der Waals surface area contributed by atoms with E-state index in [0.717, 1.165) is 24.4 Å². The molecule has 1 saturated heterocycles. The maximum Gasteiger partial charge on any atom is 0.251 e. The minimum Gasteiger partial charge on any atom is -0.497 e. The highest BCUT2D eigenvalue weighted by Crippen LogP contribution is 2.24. The van der Waals surface area contributed by atoms with Gasteiger partial charge in [0.1, 0.15) is 5.75 Å². The topological polar surface area (TPSA) is 88.2 Å². The van der Waals surface area contributed by atoms with E-state index < -0.39 is 10.0 Å². The van der Waals surface area contributed by atoms with Gasteiger partial charge in [-0.2, -0.15) is 4.31 Å². The number of rotatable bonds is 10. The third-order valence-corrected chi connectivity index (χ3v) is 7.97. The van der Waals surface area contributed by atoms with Crippen molar-refractivity contribution in [1.29, 1.82) is 0 Å². The van der Waals surface area contributed by atoms with Crippen LogP contribution < -0.4 is 10.1 Å². The van der Waals surface area contributed by atoms with Gasteiger partial charge in [0, 0.05) is 38.3 Å². The lowest BCUT2D eigenvalue weighted by atomic mass is 10.0. The largest absolute Gasteiger partial charge is 0.497 e. The van der Waals surface area contributed by atoms with Crippen molar-refractivity contribution in [1.82, 2.24) is 14.5 Å². The molecule has 3 rings (SSSR count). The number of hydrogen-bond acceptors (Lipinski definition) is 6. The molecule has 0 saturated carbocycles. The summed E-state index contributed by atoms with van der Waals surface area (Å²) in [6, 6.07) is 13.9. The number of nitrogens with one attached hydrogen (secondary N) is 1. The monoisotopic (exact) mass is 475 g/mol. The molecule has 2 aromatic rings. The summed E-state index contributed by atoms with van der Waals surface area (Å²) in [4.78, 5) is 15.3. The second kappa shape index (κ2) is 11.6. The third kappa shape index (κ3) is 6.11. The van der Waals surface area contributed by atoms with Crippen molar-refractivity contribution >= 4 is 15.9 Å². The van der Waals surface area contributed by atoms with Crippen molar-refractivity contribution < 1.29 is 22.7 Å². The molecule has 0 radical (unpaired) electrons. The Labute approximate surface area is 196 Å². The average Bonchev–Trinajstić information content (AvgIpc) is 2.85. The highest BCUT2D eigenvalue weighted by molar-refractivity contribution is 7.89. The van der Waals surface area contributed by atoms with Crippen LogP contribution in [0, 0.1) is 0 Å². The summed E-state index contributed by atoms with van der Waals surface area (Å²) < 4.78 is 37.5. The Morgan fingerprint density at radius 2 is 1.67 bits per heavy atom. The van der Waals surface area contributed by atoms with Crippen LogP contribution in [0.1, 0.15) is 35.8 Å². The molecule has 0 aliphatic carbocycles. The first-order valence-electron chi connectivity index (χ1n) is 11.2. The molecule has 1 aliphatic rings. The van der Waals surface area contributed by atoms with E-state index in [4.69, 9.17) is 9.47 Å². The fourth-order valence-corrected chi connectivity index (χ4v) is 5.41. The first-order chi connectivity index (χ1) is 15.9. The molecule has 0 unspecified atom stereocenters. The number of sulfonamides is 1. The molecule has 1 N–H and O–H groups in total. The zero-order valence-electron chi connectivity index (χ0n) is 19.5. The van der Waals surface area contributed by atoms with Crippen LogP contribution in [0.5, 0.6) is 5.75 Å². The van der Waals surface area contributed by atoms with E-state index in [2.05, 4.69) is 10.2 Å². The van der Waals surface area contributed by atoms with Crippen molar-refractivity contribution in [3.05, 3.63) is 59.7 Å². The van der Waals surface area contributed by atoms with Gasteiger partial charge in [0.15, 0.2) is 0 Å².